The predicted molar refractivity (Wildman–Crippen MR) is 123 cm³/mol. The second-order valence-corrected chi connectivity index (χ2v) is 8.59. The molecule has 5 N–H and O–H groups in total. The molecule has 11 nitrogen and oxygen atoms in total. The van der Waals surface area contributed by atoms with Gasteiger partial charge in [0, 0.05) is 18.3 Å². The standard InChI is InChI=1S/C21H32BN5O6/c1-13(2)17(26-20(31)33-27(5)12-21(3,4)23)18(29)24-10-16(28)25-15-8-6-14(7-9-15)11-32-19(22)30/h6-9,13,17H,10-12,23H2,1-5H3,(H,24,29)(H,25,28)(H,26,31). The van der Waals surface area contributed by atoms with Crippen LogP contribution in [0, 0.1) is 5.92 Å². The number of carbonyl (C=O) groups is 4. The Kier molecular flexibility index (Phi) is 10.8. The highest BCUT2D eigenvalue weighted by Gasteiger charge is 2.26. The van der Waals surface area contributed by atoms with Crippen LogP contribution < -0.4 is 21.7 Å². The van der Waals surface area contributed by atoms with Crippen LogP contribution in [0.15, 0.2) is 24.3 Å². The highest BCUT2D eigenvalue weighted by molar-refractivity contribution is 6.55. The van der Waals surface area contributed by atoms with E-state index < -0.39 is 35.4 Å². The number of nitrogens with one attached hydrogen (secondary N) is 3. The van der Waals surface area contributed by atoms with Crippen LogP contribution in [0.4, 0.5) is 15.3 Å². The molecule has 0 fully saturated rings. The summed E-state index contributed by atoms with van der Waals surface area (Å²) in [7, 11) is 6.47. The van der Waals surface area contributed by atoms with Crippen molar-refractivity contribution in [3.05, 3.63) is 29.8 Å². The van der Waals surface area contributed by atoms with E-state index in [4.69, 9.17) is 18.4 Å². The monoisotopic (exact) mass is 461 g/mol. The Bertz CT molecular complexity index is 825. The zero-order valence-electron chi connectivity index (χ0n) is 19.6. The maximum absolute atomic E-state index is 12.5. The first-order valence-corrected chi connectivity index (χ1v) is 10.3. The number of ether oxygens (including phenoxy) is 1. The molecular weight excluding hydrogens is 429 g/mol. The molecule has 1 unspecified atom stereocenters. The summed E-state index contributed by atoms with van der Waals surface area (Å²) in [6.07, 6.45) is -0.805. The minimum atomic E-state index is -0.908. The molecule has 1 aromatic carbocycles. The Hall–Kier alpha value is -3.12. The molecule has 0 bridgehead atoms. The van der Waals surface area contributed by atoms with Gasteiger partial charge in [0.25, 0.3) is 0 Å². The van der Waals surface area contributed by atoms with Crippen LogP contribution in [0.3, 0.4) is 0 Å². The maximum atomic E-state index is 12.5. The molecule has 3 amide bonds. The molecule has 1 aromatic rings. The maximum Gasteiger partial charge on any atom is 0.426 e. The minimum absolute atomic E-state index is 0.0193. The summed E-state index contributed by atoms with van der Waals surface area (Å²) in [4.78, 5) is 52.6. The quantitative estimate of drug-likeness (QED) is 0.280. The van der Waals surface area contributed by atoms with E-state index in [1.165, 1.54) is 5.06 Å². The van der Waals surface area contributed by atoms with Crippen LogP contribution in [0.2, 0.25) is 0 Å². The number of amides is 3. The van der Waals surface area contributed by atoms with Crippen LogP contribution in [0.25, 0.3) is 0 Å². The zero-order valence-corrected chi connectivity index (χ0v) is 19.6. The van der Waals surface area contributed by atoms with Crippen molar-refractivity contribution < 1.29 is 28.8 Å². The molecule has 1 atom stereocenters. The third-order valence-electron chi connectivity index (χ3n) is 4.13. The number of carbonyl (C=O) groups excluding carboxylic acids is 4. The van der Waals surface area contributed by atoms with Crippen LogP contribution in [-0.4, -0.2) is 68.4 Å². The first kappa shape index (κ1) is 27.9. The fraction of sp³-hybridized carbons (Fsp3) is 0.524. The summed E-state index contributed by atoms with van der Waals surface area (Å²) >= 11 is 0. The van der Waals surface area contributed by atoms with Gasteiger partial charge in [-0.3, -0.25) is 14.4 Å². The third-order valence-corrected chi connectivity index (χ3v) is 4.13. The topological polar surface area (TPSA) is 152 Å². The Balaban J connectivity index is 2.53. The first-order chi connectivity index (χ1) is 15.3. The highest BCUT2D eigenvalue weighted by Crippen LogP contribution is 2.10. The van der Waals surface area contributed by atoms with Gasteiger partial charge in [-0.05, 0) is 37.5 Å². The lowest BCUT2D eigenvalue weighted by Gasteiger charge is -2.27. The van der Waals surface area contributed by atoms with Crippen molar-refractivity contribution in [1.29, 1.82) is 0 Å². The van der Waals surface area contributed by atoms with Crippen molar-refractivity contribution in [3.63, 3.8) is 0 Å². The van der Waals surface area contributed by atoms with E-state index in [1.54, 1.807) is 59.0 Å². The largest absolute Gasteiger partial charge is 0.470 e. The van der Waals surface area contributed by atoms with Gasteiger partial charge < -0.3 is 31.3 Å². The fourth-order valence-corrected chi connectivity index (χ4v) is 2.76. The SMILES string of the molecule is [B]C(=O)OCc1ccc(NC(=O)CNC(=O)C(NC(=O)ON(C)CC(C)(C)N)C(C)C)cc1. The van der Waals surface area contributed by atoms with Crippen LogP contribution >= 0.6 is 0 Å². The number of benzene rings is 1. The molecule has 2 radical (unpaired) electrons. The normalized spacial score (nSPS) is 12.1. The second-order valence-electron chi connectivity index (χ2n) is 8.59. The van der Waals surface area contributed by atoms with Crippen molar-refractivity contribution in [1.82, 2.24) is 15.7 Å². The number of likely N-dealkylation sites (N-methyl/N-ethyl adjacent to an activating group) is 1. The molecule has 180 valence electrons. The number of hydroxylamine groups is 2. The third kappa shape index (κ3) is 11.9. The zero-order chi connectivity index (χ0) is 25.2. The van der Waals surface area contributed by atoms with E-state index in [1.807, 2.05) is 0 Å². The van der Waals surface area contributed by atoms with Gasteiger partial charge in [-0.25, -0.2) is 4.79 Å². The summed E-state index contributed by atoms with van der Waals surface area (Å²) in [5, 5.41) is 8.91. The number of nitrogens with zero attached hydrogens (tertiary/aromatic N) is 1. The van der Waals surface area contributed by atoms with Gasteiger partial charge in [0.05, 0.1) is 13.1 Å². The Morgan fingerprint density at radius 2 is 1.76 bits per heavy atom. The van der Waals surface area contributed by atoms with E-state index in [9.17, 15) is 19.2 Å². The van der Waals surface area contributed by atoms with Crippen LogP contribution in [-0.2, 0) is 25.8 Å². The first-order valence-electron chi connectivity index (χ1n) is 10.3. The van der Waals surface area contributed by atoms with Gasteiger partial charge in [-0.15, -0.1) is 5.06 Å². The lowest BCUT2D eigenvalue weighted by atomic mass is 10.0. The average molecular weight is 461 g/mol. The van der Waals surface area contributed by atoms with Gasteiger partial charge >= 0.3 is 6.09 Å². The van der Waals surface area contributed by atoms with E-state index in [0.717, 1.165) is 0 Å². The van der Waals surface area contributed by atoms with Gasteiger partial charge in [0.1, 0.15) is 12.6 Å². The van der Waals surface area contributed by atoms with Crippen molar-refractivity contribution in [3.8, 4) is 0 Å². The summed E-state index contributed by atoms with van der Waals surface area (Å²) in [5.74, 6) is -2.12. The number of nitrogens with two attached hydrogens (primary N) is 1. The van der Waals surface area contributed by atoms with Crippen LogP contribution in [0.1, 0.15) is 33.3 Å². The van der Waals surface area contributed by atoms with E-state index in [0.29, 0.717) is 11.3 Å². The molecule has 0 saturated heterocycles. The van der Waals surface area contributed by atoms with Crippen molar-refractivity contribution in [2.24, 2.45) is 11.7 Å². The predicted octanol–water partition coefficient (Wildman–Crippen LogP) is 0.881. The van der Waals surface area contributed by atoms with E-state index >= 15 is 0 Å². The summed E-state index contributed by atoms with van der Waals surface area (Å²) < 4.78 is 4.68. The Morgan fingerprint density at radius 1 is 1.15 bits per heavy atom. The molecule has 0 spiro atoms. The van der Waals surface area contributed by atoms with Crippen molar-refractivity contribution in [2.45, 2.75) is 45.9 Å². The number of rotatable bonds is 11. The molecule has 12 heteroatoms. The van der Waals surface area contributed by atoms with Crippen LogP contribution in [0.5, 0.6) is 0 Å². The van der Waals surface area contributed by atoms with Crippen molar-refractivity contribution in [2.75, 3.05) is 25.5 Å². The Labute approximate surface area is 195 Å². The molecule has 0 aliphatic heterocycles. The molecule has 0 aromatic heterocycles. The molecule has 0 saturated carbocycles. The number of hydrogen-bond acceptors (Lipinski definition) is 8. The average Bonchev–Trinajstić information content (AvgIpc) is 2.68. The highest BCUT2D eigenvalue weighted by atomic mass is 16.7. The molecule has 0 aliphatic rings. The van der Waals surface area contributed by atoms with E-state index in [2.05, 4.69) is 20.7 Å². The minimum Gasteiger partial charge on any atom is -0.470 e. The molecular formula is C21H32BN5O6. The van der Waals surface area contributed by atoms with E-state index in [-0.39, 0.29) is 25.6 Å². The summed E-state index contributed by atoms with van der Waals surface area (Å²) in [5.41, 5.74) is 6.50. The molecule has 33 heavy (non-hydrogen) atoms. The fourth-order valence-electron chi connectivity index (χ4n) is 2.76. The lowest BCUT2D eigenvalue weighted by molar-refractivity contribution is -0.127. The smallest absolute Gasteiger partial charge is 0.426 e. The molecule has 0 aliphatic carbocycles. The second kappa shape index (κ2) is 12.8. The van der Waals surface area contributed by atoms with Gasteiger partial charge in [0.15, 0.2) is 0 Å². The van der Waals surface area contributed by atoms with Gasteiger partial charge in [0.2, 0.25) is 25.5 Å². The molecule has 1 rings (SSSR count). The van der Waals surface area contributed by atoms with Gasteiger partial charge in [-0.2, -0.15) is 0 Å². The lowest BCUT2D eigenvalue weighted by Crippen LogP contribution is -2.52. The number of hydrogen-bond donors (Lipinski definition) is 4. The molecule has 0 heterocycles. The van der Waals surface area contributed by atoms with Gasteiger partial charge in [-0.1, -0.05) is 26.0 Å². The summed E-state index contributed by atoms with van der Waals surface area (Å²) in [6, 6.07) is 5.64. The van der Waals surface area contributed by atoms with Crippen molar-refractivity contribution >= 4 is 37.3 Å². The number of anilines is 1. The Morgan fingerprint density at radius 3 is 2.27 bits per heavy atom. The summed E-state index contributed by atoms with van der Waals surface area (Å²) in [6.45, 7) is 7.08.